The summed E-state index contributed by atoms with van der Waals surface area (Å²) in [6.45, 7) is 13.0. The van der Waals surface area contributed by atoms with Crippen molar-refractivity contribution in [2.24, 2.45) is 0 Å². The van der Waals surface area contributed by atoms with E-state index in [2.05, 4.69) is 25.2 Å². The summed E-state index contributed by atoms with van der Waals surface area (Å²) in [5, 5.41) is 3.37. The highest BCUT2D eigenvalue weighted by Crippen LogP contribution is 2.16. The van der Waals surface area contributed by atoms with Gasteiger partial charge in [0.2, 0.25) is 0 Å². The van der Waals surface area contributed by atoms with Gasteiger partial charge in [-0.1, -0.05) is 12.1 Å². The molecule has 0 spiro atoms. The fraction of sp³-hybridized carbons (Fsp3) is 0.588. The molecule has 21 heavy (non-hydrogen) atoms. The number of nitrogens with zero attached hydrogens (tertiary/aromatic N) is 1. The minimum absolute atomic E-state index is 0.271. The van der Waals surface area contributed by atoms with E-state index in [0.29, 0.717) is 19.1 Å². The summed E-state index contributed by atoms with van der Waals surface area (Å²) in [6.07, 6.45) is -0.271. The summed E-state index contributed by atoms with van der Waals surface area (Å²) in [6, 6.07) is 8.52. The minimum Gasteiger partial charge on any atom is -0.444 e. The van der Waals surface area contributed by atoms with Crippen LogP contribution in [-0.2, 0) is 11.3 Å². The molecule has 0 radical (unpaired) electrons. The third kappa shape index (κ3) is 6.52. The molecule has 1 amide bonds. The van der Waals surface area contributed by atoms with Gasteiger partial charge < -0.3 is 15.0 Å². The molecule has 0 atom stereocenters. The van der Waals surface area contributed by atoms with Gasteiger partial charge in [-0.05, 0) is 59.2 Å². The zero-order valence-corrected chi connectivity index (χ0v) is 14.1. The molecule has 1 aromatic carbocycles. The summed E-state index contributed by atoms with van der Waals surface area (Å²) < 4.78 is 5.43. The van der Waals surface area contributed by atoms with Gasteiger partial charge in [-0.15, -0.1) is 0 Å². The largest absolute Gasteiger partial charge is 0.444 e. The number of carbonyl (C=O) groups excluding carboxylic acids is 1. The highest BCUT2D eigenvalue weighted by atomic mass is 16.6. The number of benzene rings is 1. The molecule has 4 heteroatoms. The van der Waals surface area contributed by atoms with Crippen LogP contribution in [0.25, 0.3) is 0 Å². The summed E-state index contributed by atoms with van der Waals surface area (Å²) in [5.74, 6) is 0. The fourth-order valence-electron chi connectivity index (χ4n) is 1.95. The number of rotatable bonds is 5. The maximum Gasteiger partial charge on any atom is 0.410 e. The zero-order chi connectivity index (χ0) is 16.0. The first-order valence-electron chi connectivity index (χ1n) is 7.54. The van der Waals surface area contributed by atoms with Crippen molar-refractivity contribution < 1.29 is 9.53 Å². The van der Waals surface area contributed by atoms with E-state index < -0.39 is 5.60 Å². The molecule has 118 valence electrons. The van der Waals surface area contributed by atoms with Crippen LogP contribution in [0.4, 0.5) is 10.5 Å². The lowest BCUT2D eigenvalue weighted by Gasteiger charge is -2.26. The van der Waals surface area contributed by atoms with Crippen molar-refractivity contribution in [1.82, 2.24) is 4.90 Å². The fourth-order valence-corrected chi connectivity index (χ4v) is 1.95. The van der Waals surface area contributed by atoms with Crippen molar-refractivity contribution >= 4 is 11.8 Å². The Hall–Kier alpha value is -1.71. The van der Waals surface area contributed by atoms with Crippen molar-refractivity contribution in [3.63, 3.8) is 0 Å². The zero-order valence-electron chi connectivity index (χ0n) is 14.1. The first-order chi connectivity index (χ1) is 9.71. The van der Waals surface area contributed by atoms with Gasteiger partial charge in [0.1, 0.15) is 5.60 Å². The van der Waals surface area contributed by atoms with Crippen LogP contribution in [0.1, 0.15) is 47.1 Å². The average Bonchev–Trinajstić information content (AvgIpc) is 2.33. The maximum atomic E-state index is 12.1. The molecular formula is C17H28N2O2. The molecule has 0 heterocycles. The molecule has 0 fully saturated rings. The molecule has 0 bridgehead atoms. The molecular weight excluding hydrogens is 264 g/mol. The molecule has 4 nitrogen and oxygen atoms in total. The van der Waals surface area contributed by atoms with Gasteiger partial charge in [-0.2, -0.15) is 0 Å². The van der Waals surface area contributed by atoms with Crippen molar-refractivity contribution in [2.75, 3.05) is 11.9 Å². The standard InChI is InChI=1S/C17H28N2O2/c1-7-19(16(20)21-17(4,5)6)12-14-9-8-10-15(11-14)18-13(2)3/h8-11,13,18H,7,12H2,1-6H3. The molecule has 1 N–H and O–H groups in total. The van der Waals surface area contributed by atoms with Gasteiger partial charge in [0.15, 0.2) is 0 Å². The molecule has 0 saturated heterocycles. The van der Waals surface area contributed by atoms with Crippen molar-refractivity contribution in [3.05, 3.63) is 29.8 Å². The Morgan fingerprint density at radius 1 is 1.33 bits per heavy atom. The van der Waals surface area contributed by atoms with E-state index in [1.54, 1.807) is 4.90 Å². The van der Waals surface area contributed by atoms with Gasteiger partial charge in [0.25, 0.3) is 0 Å². The van der Waals surface area contributed by atoms with Crippen LogP contribution in [0, 0.1) is 0 Å². The number of carbonyl (C=O) groups is 1. The number of hydrogen-bond donors (Lipinski definition) is 1. The second-order valence-corrected chi connectivity index (χ2v) is 6.49. The van der Waals surface area contributed by atoms with Gasteiger partial charge in [0.05, 0.1) is 0 Å². The second-order valence-electron chi connectivity index (χ2n) is 6.49. The SMILES string of the molecule is CCN(Cc1cccc(NC(C)C)c1)C(=O)OC(C)(C)C. The predicted octanol–water partition coefficient (Wildman–Crippen LogP) is 4.26. The van der Waals surface area contributed by atoms with Gasteiger partial charge in [-0.3, -0.25) is 0 Å². The van der Waals surface area contributed by atoms with Crippen LogP contribution in [-0.4, -0.2) is 29.2 Å². The molecule has 0 saturated carbocycles. The van der Waals surface area contributed by atoms with Crippen LogP contribution in [0.2, 0.25) is 0 Å². The Morgan fingerprint density at radius 2 is 2.00 bits per heavy atom. The number of nitrogens with one attached hydrogen (secondary N) is 1. The van der Waals surface area contributed by atoms with Crippen LogP contribution in [0.5, 0.6) is 0 Å². The van der Waals surface area contributed by atoms with E-state index in [-0.39, 0.29) is 6.09 Å². The molecule has 0 aromatic heterocycles. The van der Waals surface area contributed by atoms with Crippen LogP contribution < -0.4 is 5.32 Å². The van der Waals surface area contributed by atoms with Gasteiger partial charge in [-0.25, -0.2) is 4.79 Å². The highest BCUT2D eigenvalue weighted by molar-refractivity contribution is 5.68. The quantitative estimate of drug-likeness (QED) is 0.881. The number of hydrogen-bond acceptors (Lipinski definition) is 3. The van der Waals surface area contributed by atoms with Crippen molar-refractivity contribution in [1.29, 1.82) is 0 Å². The lowest BCUT2D eigenvalue weighted by Crippen LogP contribution is -2.36. The lowest BCUT2D eigenvalue weighted by molar-refractivity contribution is 0.0244. The van der Waals surface area contributed by atoms with E-state index in [0.717, 1.165) is 11.3 Å². The predicted molar refractivity (Wildman–Crippen MR) is 87.5 cm³/mol. The highest BCUT2D eigenvalue weighted by Gasteiger charge is 2.21. The third-order valence-electron chi connectivity index (χ3n) is 2.79. The summed E-state index contributed by atoms with van der Waals surface area (Å²) in [7, 11) is 0. The average molecular weight is 292 g/mol. The Bertz CT molecular complexity index is 464. The van der Waals surface area contributed by atoms with E-state index in [9.17, 15) is 4.79 Å². The number of ether oxygens (including phenoxy) is 1. The van der Waals surface area contributed by atoms with E-state index >= 15 is 0 Å². The topological polar surface area (TPSA) is 41.6 Å². The molecule has 0 unspecified atom stereocenters. The van der Waals surface area contributed by atoms with E-state index in [4.69, 9.17) is 4.74 Å². The van der Waals surface area contributed by atoms with Crippen molar-refractivity contribution in [3.8, 4) is 0 Å². The Kier molecular flexibility index (Phi) is 6.06. The molecule has 0 aliphatic heterocycles. The third-order valence-corrected chi connectivity index (χ3v) is 2.79. The smallest absolute Gasteiger partial charge is 0.410 e. The molecule has 1 aromatic rings. The maximum absolute atomic E-state index is 12.1. The molecule has 1 rings (SSSR count). The minimum atomic E-state index is -0.467. The Morgan fingerprint density at radius 3 is 2.52 bits per heavy atom. The first kappa shape index (κ1) is 17.3. The van der Waals surface area contributed by atoms with Gasteiger partial charge >= 0.3 is 6.09 Å². The summed E-state index contributed by atoms with van der Waals surface area (Å²) in [4.78, 5) is 13.9. The number of amides is 1. The van der Waals surface area contributed by atoms with Crippen LogP contribution in [0.3, 0.4) is 0 Å². The van der Waals surface area contributed by atoms with E-state index in [1.165, 1.54) is 0 Å². The first-order valence-corrected chi connectivity index (χ1v) is 7.54. The Balaban J connectivity index is 2.75. The summed E-state index contributed by atoms with van der Waals surface area (Å²) in [5.41, 5.74) is 1.70. The number of anilines is 1. The molecule has 0 aliphatic carbocycles. The van der Waals surface area contributed by atoms with Crippen LogP contribution >= 0.6 is 0 Å². The van der Waals surface area contributed by atoms with Crippen LogP contribution in [0.15, 0.2) is 24.3 Å². The monoisotopic (exact) mass is 292 g/mol. The van der Waals surface area contributed by atoms with Gasteiger partial charge in [0, 0.05) is 24.8 Å². The molecule has 0 aliphatic rings. The summed E-state index contributed by atoms with van der Waals surface area (Å²) >= 11 is 0. The van der Waals surface area contributed by atoms with Crippen molar-refractivity contribution in [2.45, 2.75) is 59.7 Å². The lowest BCUT2D eigenvalue weighted by atomic mass is 10.1. The second kappa shape index (κ2) is 7.34. The Labute approximate surface area is 128 Å². The van der Waals surface area contributed by atoms with E-state index in [1.807, 2.05) is 45.9 Å². The normalized spacial score (nSPS) is 11.4.